The first-order valence-corrected chi connectivity index (χ1v) is 16.8. The van der Waals surface area contributed by atoms with Crippen molar-refractivity contribution in [1.29, 1.82) is 0 Å². The molecule has 3 atom stereocenters. The van der Waals surface area contributed by atoms with Gasteiger partial charge in [-0.1, -0.05) is 17.7 Å². The normalized spacial score (nSPS) is 19.4. The number of hydrogen-bond acceptors (Lipinski definition) is 9. The molecule has 2 N–H and O–H groups in total. The van der Waals surface area contributed by atoms with Gasteiger partial charge in [0.05, 0.1) is 41.1 Å². The summed E-state index contributed by atoms with van der Waals surface area (Å²) in [4.78, 5) is 37.9. The minimum Gasteiger partial charge on any atom is -0.377 e. The zero-order valence-electron chi connectivity index (χ0n) is 25.2. The first-order chi connectivity index (χ1) is 20.8. The molecule has 6 rings (SSSR count). The summed E-state index contributed by atoms with van der Waals surface area (Å²) >= 11 is 6.05. The summed E-state index contributed by atoms with van der Waals surface area (Å²) in [6.45, 7) is 7.49. The molecule has 1 amide bonds. The van der Waals surface area contributed by atoms with E-state index in [0.29, 0.717) is 34.7 Å². The van der Waals surface area contributed by atoms with Gasteiger partial charge in [-0.2, -0.15) is 5.10 Å². The van der Waals surface area contributed by atoms with Gasteiger partial charge < -0.3 is 10.2 Å². The number of carbonyl (C=O) groups excluding carboxylic acids is 1. The van der Waals surface area contributed by atoms with Crippen molar-refractivity contribution in [3.05, 3.63) is 74.6 Å². The lowest BCUT2D eigenvalue weighted by atomic mass is 10.0. The van der Waals surface area contributed by atoms with Crippen molar-refractivity contribution in [2.24, 2.45) is 18.9 Å². The Bertz CT molecular complexity index is 1940. The average Bonchev–Trinajstić information content (AvgIpc) is 3.65. The fourth-order valence-corrected chi connectivity index (χ4v) is 7.27. The Morgan fingerprint density at radius 1 is 1.09 bits per heavy atom. The summed E-state index contributed by atoms with van der Waals surface area (Å²) in [6, 6.07) is 6.84. The second kappa shape index (κ2) is 11.2. The Kier molecular flexibility index (Phi) is 7.65. The minimum atomic E-state index is -3.83. The highest BCUT2D eigenvalue weighted by molar-refractivity contribution is 7.89. The van der Waals surface area contributed by atoms with Crippen LogP contribution in [0.3, 0.4) is 0 Å². The molecule has 44 heavy (non-hydrogen) atoms. The van der Waals surface area contributed by atoms with Crippen LogP contribution in [0, 0.1) is 25.7 Å². The van der Waals surface area contributed by atoms with E-state index < -0.39 is 22.0 Å². The standard InChI is InChI=1S/C30H35ClN8O4S/c1-16-8-22(18(3)33-24-6-7-25(31)34-27(24)28(40)36-44(5,42)43)26-23(9-16)29(41)37(4)30(35-26)38-14-19-10-21(11-20(19)15-38)39-13-17(2)12-32-39/h6-9,12-13,18-21,33H,10-11,14-15H2,1-5H3,(H,36,40)/t18-,19-,20-/m1/s1. The molecule has 0 spiro atoms. The third-order valence-electron chi connectivity index (χ3n) is 8.64. The number of aromatic nitrogens is 5. The summed E-state index contributed by atoms with van der Waals surface area (Å²) in [7, 11) is -2.06. The smallest absolute Gasteiger partial charge is 0.285 e. The van der Waals surface area contributed by atoms with Gasteiger partial charge in [0.15, 0.2) is 5.69 Å². The number of benzene rings is 1. The van der Waals surface area contributed by atoms with Crippen molar-refractivity contribution in [2.75, 3.05) is 29.6 Å². The zero-order valence-corrected chi connectivity index (χ0v) is 26.8. The number of carbonyl (C=O) groups is 1. The average molecular weight is 639 g/mol. The lowest BCUT2D eigenvalue weighted by molar-refractivity contribution is 0.0977. The van der Waals surface area contributed by atoms with Crippen molar-refractivity contribution in [3.8, 4) is 0 Å². The van der Waals surface area contributed by atoms with Gasteiger partial charge in [0, 0.05) is 31.9 Å². The molecule has 1 saturated heterocycles. The van der Waals surface area contributed by atoms with Gasteiger partial charge in [0.2, 0.25) is 16.0 Å². The second-order valence-electron chi connectivity index (χ2n) is 12.2. The molecule has 1 aromatic carbocycles. The van der Waals surface area contributed by atoms with Gasteiger partial charge in [-0.25, -0.2) is 23.1 Å². The molecular formula is C30H35ClN8O4S. The monoisotopic (exact) mass is 638 g/mol. The number of amides is 1. The molecule has 2 fully saturated rings. The Morgan fingerprint density at radius 3 is 2.43 bits per heavy atom. The van der Waals surface area contributed by atoms with E-state index in [2.05, 4.69) is 38.1 Å². The van der Waals surface area contributed by atoms with Gasteiger partial charge in [-0.05, 0) is 74.8 Å². The topological polar surface area (TPSA) is 144 Å². The number of nitrogens with zero attached hydrogens (tertiary/aromatic N) is 6. The fourth-order valence-electron chi connectivity index (χ4n) is 6.69. The van der Waals surface area contributed by atoms with E-state index in [0.717, 1.165) is 48.9 Å². The van der Waals surface area contributed by atoms with E-state index >= 15 is 0 Å². The highest BCUT2D eigenvalue weighted by atomic mass is 35.5. The van der Waals surface area contributed by atoms with Gasteiger partial charge in [0.25, 0.3) is 11.5 Å². The first kappa shape index (κ1) is 30.1. The largest absolute Gasteiger partial charge is 0.377 e. The zero-order chi connectivity index (χ0) is 31.5. The number of hydrogen-bond donors (Lipinski definition) is 2. The summed E-state index contributed by atoms with van der Waals surface area (Å²) in [5, 5.41) is 8.35. The summed E-state index contributed by atoms with van der Waals surface area (Å²) in [6.07, 6.45) is 6.98. The van der Waals surface area contributed by atoms with E-state index in [1.54, 1.807) is 17.7 Å². The molecule has 1 saturated carbocycles. The third-order valence-corrected chi connectivity index (χ3v) is 9.40. The van der Waals surface area contributed by atoms with Crippen molar-refractivity contribution in [2.45, 2.75) is 45.7 Å². The van der Waals surface area contributed by atoms with E-state index in [1.165, 1.54) is 6.07 Å². The van der Waals surface area contributed by atoms with Crippen molar-refractivity contribution < 1.29 is 13.2 Å². The van der Waals surface area contributed by atoms with Gasteiger partial charge in [0.1, 0.15) is 5.15 Å². The molecule has 2 aliphatic rings. The number of pyridine rings is 1. The van der Waals surface area contributed by atoms with Gasteiger partial charge in [-0.3, -0.25) is 18.8 Å². The summed E-state index contributed by atoms with van der Waals surface area (Å²) in [5.41, 5.74) is 3.36. The van der Waals surface area contributed by atoms with Crippen molar-refractivity contribution >= 4 is 50.1 Å². The van der Waals surface area contributed by atoms with Crippen LogP contribution in [-0.2, 0) is 17.1 Å². The molecule has 3 aromatic heterocycles. The number of fused-ring (bicyclic) bond motifs is 2. The van der Waals surface area contributed by atoms with Gasteiger partial charge in [-0.15, -0.1) is 0 Å². The maximum absolute atomic E-state index is 13.7. The number of nitrogens with one attached hydrogen (secondary N) is 2. The van der Waals surface area contributed by atoms with Crippen LogP contribution in [0.5, 0.6) is 0 Å². The van der Waals surface area contributed by atoms with Crippen molar-refractivity contribution in [1.82, 2.24) is 29.0 Å². The van der Waals surface area contributed by atoms with E-state index in [9.17, 15) is 18.0 Å². The Hall–Kier alpha value is -3.97. The van der Waals surface area contributed by atoms with Crippen molar-refractivity contribution in [3.63, 3.8) is 0 Å². The van der Waals surface area contributed by atoms with Crippen LogP contribution in [0.25, 0.3) is 10.9 Å². The van der Waals surface area contributed by atoms with Crippen LogP contribution >= 0.6 is 11.6 Å². The number of anilines is 2. The molecule has 0 radical (unpaired) electrons. The molecule has 4 heterocycles. The number of sulfonamides is 1. The Labute approximate surface area is 260 Å². The van der Waals surface area contributed by atoms with E-state index in [-0.39, 0.29) is 22.1 Å². The first-order valence-electron chi connectivity index (χ1n) is 14.5. The van der Waals surface area contributed by atoms with Crippen LogP contribution in [-0.4, -0.2) is 58.0 Å². The predicted molar refractivity (Wildman–Crippen MR) is 170 cm³/mol. The van der Waals surface area contributed by atoms with Gasteiger partial charge >= 0.3 is 0 Å². The molecule has 232 valence electrons. The van der Waals surface area contributed by atoms with Crippen LogP contribution in [0.2, 0.25) is 5.15 Å². The fraction of sp³-hybridized carbons (Fsp3) is 0.433. The molecule has 4 aromatic rings. The number of rotatable bonds is 7. The van der Waals surface area contributed by atoms with Crippen LogP contribution in [0.15, 0.2) is 41.5 Å². The summed E-state index contributed by atoms with van der Waals surface area (Å²) in [5.74, 6) is 0.702. The SMILES string of the molecule is Cc1cc([C@@H](C)Nc2ccc(Cl)nc2C(=O)NS(C)(=O)=O)c2nc(N3C[C@H]4CC(n5cc(C)cn5)C[C@@H]4C3)n(C)c(=O)c2c1. The lowest BCUT2D eigenvalue weighted by Gasteiger charge is -2.24. The Balaban J connectivity index is 1.31. The molecule has 1 aliphatic carbocycles. The van der Waals surface area contributed by atoms with Crippen LogP contribution in [0.4, 0.5) is 11.6 Å². The quantitative estimate of drug-likeness (QED) is 0.289. The third kappa shape index (κ3) is 5.77. The number of aryl methyl sites for hydroxylation is 2. The highest BCUT2D eigenvalue weighted by Gasteiger charge is 2.43. The maximum atomic E-state index is 13.7. The minimum absolute atomic E-state index is 0.0408. The number of halogens is 1. The lowest BCUT2D eigenvalue weighted by Crippen LogP contribution is -2.32. The molecule has 0 bridgehead atoms. The summed E-state index contributed by atoms with van der Waals surface area (Å²) < 4.78 is 29.1. The van der Waals surface area contributed by atoms with Crippen LogP contribution < -0.4 is 20.5 Å². The van der Waals surface area contributed by atoms with E-state index in [1.807, 2.05) is 36.9 Å². The van der Waals surface area contributed by atoms with Crippen LogP contribution in [0.1, 0.15) is 59.0 Å². The van der Waals surface area contributed by atoms with E-state index in [4.69, 9.17) is 16.6 Å². The second-order valence-corrected chi connectivity index (χ2v) is 14.3. The predicted octanol–water partition coefficient (Wildman–Crippen LogP) is 3.75. The molecule has 14 heteroatoms. The molecule has 0 unspecified atom stereocenters. The maximum Gasteiger partial charge on any atom is 0.285 e. The molecule has 1 aliphatic heterocycles. The molecular weight excluding hydrogens is 604 g/mol. The Morgan fingerprint density at radius 2 is 1.80 bits per heavy atom. The molecule has 12 nitrogen and oxygen atoms in total. The highest BCUT2D eigenvalue weighted by Crippen LogP contribution is 2.44.